The number of thioether (sulfide) groups is 1. The molecule has 1 aliphatic rings. The third kappa shape index (κ3) is 4.39. The molecular formula is C17H19ClN4OS. The lowest BCUT2D eigenvalue weighted by molar-refractivity contribution is -0.128. The molecule has 0 aliphatic carbocycles. The fraction of sp³-hybridized carbons (Fsp3) is 0.353. The van der Waals surface area contributed by atoms with Gasteiger partial charge in [-0.1, -0.05) is 29.8 Å². The van der Waals surface area contributed by atoms with Crippen LogP contribution in [0.4, 0.5) is 5.82 Å². The molecule has 0 saturated carbocycles. The Balaban J connectivity index is 1.43. The molecule has 1 aromatic heterocycles. The van der Waals surface area contributed by atoms with Gasteiger partial charge < -0.3 is 9.80 Å². The van der Waals surface area contributed by atoms with Gasteiger partial charge in [-0.2, -0.15) is 0 Å². The highest BCUT2D eigenvalue weighted by Crippen LogP contribution is 2.21. The van der Waals surface area contributed by atoms with Crippen LogP contribution in [0.3, 0.4) is 0 Å². The zero-order valence-electron chi connectivity index (χ0n) is 13.3. The van der Waals surface area contributed by atoms with Gasteiger partial charge >= 0.3 is 0 Å². The summed E-state index contributed by atoms with van der Waals surface area (Å²) in [6.45, 7) is 3.03. The lowest BCUT2D eigenvalue weighted by atomic mass is 10.2. The Morgan fingerprint density at radius 2 is 1.96 bits per heavy atom. The molecule has 0 unspecified atom stereocenters. The average Bonchev–Trinajstić information content (AvgIpc) is 2.64. The van der Waals surface area contributed by atoms with E-state index in [1.807, 2.05) is 29.2 Å². The second-order valence-corrected chi connectivity index (χ2v) is 6.91. The zero-order chi connectivity index (χ0) is 16.8. The van der Waals surface area contributed by atoms with E-state index in [0.29, 0.717) is 5.75 Å². The first-order chi connectivity index (χ1) is 11.7. The topological polar surface area (TPSA) is 49.3 Å². The molecule has 0 atom stereocenters. The molecule has 24 heavy (non-hydrogen) atoms. The van der Waals surface area contributed by atoms with Gasteiger partial charge in [0.15, 0.2) is 0 Å². The molecule has 1 fully saturated rings. The molecule has 0 bridgehead atoms. The van der Waals surface area contributed by atoms with Gasteiger partial charge in [0.25, 0.3) is 0 Å². The highest BCUT2D eigenvalue weighted by molar-refractivity contribution is 7.99. The number of benzene rings is 1. The molecule has 3 rings (SSSR count). The maximum atomic E-state index is 12.3. The first-order valence-corrected chi connectivity index (χ1v) is 9.37. The van der Waals surface area contributed by atoms with Crippen molar-refractivity contribution in [3.63, 3.8) is 0 Å². The first-order valence-electron chi connectivity index (χ1n) is 7.84. The molecule has 1 aromatic carbocycles. The Labute approximate surface area is 151 Å². The molecule has 7 heteroatoms. The Morgan fingerprint density at radius 3 is 2.67 bits per heavy atom. The van der Waals surface area contributed by atoms with E-state index in [0.717, 1.165) is 48.3 Å². The zero-order valence-corrected chi connectivity index (χ0v) is 14.8. The predicted octanol–water partition coefficient (Wildman–Crippen LogP) is 2.71. The summed E-state index contributed by atoms with van der Waals surface area (Å²) in [5.74, 6) is 2.30. The van der Waals surface area contributed by atoms with E-state index in [1.165, 1.54) is 0 Å². The summed E-state index contributed by atoms with van der Waals surface area (Å²) in [7, 11) is 0. The van der Waals surface area contributed by atoms with Crippen molar-refractivity contribution in [3.05, 3.63) is 53.4 Å². The van der Waals surface area contributed by atoms with Gasteiger partial charge in [0, 0.05) is 49.3 Å². The van der Waals surface area contributed by atoms with Crippen molar-refractivity contribution in [3.8, 4) is 0 Å². The Kier molecular flexibility index (Phi) is 5.93. The van der Waals surface area contributed by atoms with Gasteiger partial charge in [-0.15, -0.1) is 11.8 Å². The fourth-order valence-corrected chi connectivity index (χ4v) is 3.81. The SMILES string of the molecule is O=C(CSCc1ccccc1Cl)N1CCN(c2cnccn2)CC1. The standard InChI is InChI=1S/C17H19ClN4OS/c18-15-4-2-1-3-14(15)12-24-13-17(23)22-9-7-21(8-10-22)16-11-19-5-6-20-16/h1-6,11H,7-10,12-13H2. The van der Waals surface area contributed by atoms with E-state index >= 15 is 0 Å². The van der Waals surface area contributed by atoms with Gasteiger partial charge in [-0.05, 0) is 11.6 Å². The maximum absolute atomic E-state index is 12.3. The highest BCUT2D eigenvalue weighted by Gasteiger charge is 2.21. The molecule has 2 aromatic rings. The van der Waals surface area contributed by atoms with Crippen LogP contribution in [0.5, 0.6) is 0 Å². The molecule has 126 valence electrons. The normalized spacial score (nSPS) is 14.7. The lowest BCUT2D eigenvalue weighted by Crippen LogP contribution is -2.49. The van der Waals surface area contributed by atoms with E-state index in [1.54, 1.807) is 30.4 Å². The molecule has 1 saturated heterocycles. The predicted molar refractivity (Wildman–Crippen MR) is 98.4 cm³/mol. The Bertz CT molecular complexity index is 677. The average molecular weight is 363 g/mol. The quantitative estimate of drug-likeness (QED) is 0.818. The molecular weight excluding hydrogens is 344 g/mol. The van der Waals surface area contributed by atoms with Crippen LogP contribution in [0.25, 0.3) is 0 Å². The molecule has 1 aliphatic heterocycles. The number of halogens is 1. The van der Waals surface area contributed by atoms with E-state index in [9.17, 15) is 4.79 Å². The van der Waals surface area contributed by atoms with Gasteiger partial charge in [0.05, 0.1) is 11.9 Å². The second kappa shape index (κ2) is 8.35. The van der Waals surface area contributed by atoms with Crippen LogP contribution in [-0.4, -0.2) is 52.7 Å². The summed E-state index contributed by atoms with van der Waals surface area (Å²) in [5, 5.41) is 0.759. The van der Waals surface area contributed by atoms with Crippen LogP contribution >= 0.6 is 23.4 Å². The van der Waals surface area contributed by atoms with Crippen LogP contribution in [-0.2, 0) is 10.5 Å². The molecule has 0 radical (unpaired) electrons. The summed E-state index contributed by atoms with van der Waals surface area (Å²) >= 11 is 7.75. The molecule has 1 amide bonds. The van der Waals surface area contributed by atoms with Crippen LogP contribution in [0.15, 0.2) is 42.9 Å². The smallest absolute Gasteiger partial charge is 0.232 e. The fourth-order valence-electron chi connectivity index (χ4n) is 2.59. The third-order valence-electron chi connectivity index (χ3n) is 3.95. The number of anilines is 1. The number of aromatic nitrogens is 2. The van der Waals surface area contributed by atoms with Gasteiger partial charge in [-0.25, -0.2) is 4.98 Å². The molecule has 5 nitrogen and oxygen atoms in total. The van der Waals surface area contributed by atoms with E-state index < -0.39 is 0 Å². The van der Waals surface area contributed by atoms with E-state index in [-0.39, 0.29) is 5.91 Å². The van der Waals surface area contributed by atoms with Gasteiger partial charge in [0.2, 0.25) is 5.91 Å². The number of nitrogens with zero attached hydrogens (tertiary/aromatic N) is 4. The molecule has 0 spiro atoms. The van der Waals surface area contributed by atoms with Crippen molar-refractivity contribution in [1.82, 2.24) is 14.9 Å². The first kappa shape index (κ1) is 17.0. The number of carbonyl (C=O) groups excluding carboxylic acids is 1. The number of amides is 1. The van der Waals surface area contributed by atoms with Crippen molar-refractivity contribution < 1.29 is 4.79 Å². The van der Waals surface area contributed by atoms with Crippen LogP contribution < -0.4 is 4.90 Å². The summed E-state index contributed by atoms with van der Waals surface area (Å²) in [6.07, 6.45) is 5.12. The van der Waals surface area contributed by atoms with E-state index in [2.05, 4.69) is 14.9 Å². The third-order valence-corrected chi connectivity index (χ3v) is 5.28. The second-order valence-electron chi connectivity index (χ2n) is 5.52. The minimum absolute atomic E-state index is 0.186. The number of piperazine rings is 1. The Hall–Kier alpha value is -1.79. The van der Waals surface area contributed by atoms with Crippen LogP contribution in [0.2, 0.25) is 5.02 Å². The van der Waals surface area contributed by atoms with Gasteiger partial charge in [0.1, 0.15) is 5.82 Å². The summed E-state index contributed by atoms with van der Waals surface area (Å²) < 4.78 is 0. The van der Waals surface area contributed by atoms with Crippen molar-refractivity contribution in [2.75, 3.05) is 36.8 Å². The molecule has 0 N–H and O–H groups in total. The highest BCUT2D eigenvalue weighted by atomic mass is 35.5. The number of hydrogen-bond acceptors (Lipinski definition) is 5. The van der Waals surface area contributed by atoms with Crippen molar-refractivity contribution in [2.24, 2.45) is 0 Å². The Morgan fingerprint density at radius 1 is 1.17 bits per heavy atom. The van der Waals surface area contributed by atoms with Crippen molar-refractivity contribution >= 4 is 35.1 Å². The van der Waals surface area contributed by atoms with Crippen LogP contribution in [0, 0.1) is 0 Å². The van der Waals surface area contributed by atoms with E-state index in [4.69, 9.17) is 11.6 Å². The minimum Gasteiger partial charge on any atom is -0.352 e. The number of carbonyl (C=O) groups is 1. The maximum Gasteiger partial charge on any atom is 0.232 e. The van der Waals surface area contributed by atoms with Crippen LogP contribution in [0.1, 0.15) is 5.56 Å². The summed E-state index contributed by atoms with van der Waals surface area (Å²) in [6, 6.07) is 7.76. The monoisotopic (exact) mass is 362 g/mol. The molecule has 2 heterocycles. The lowest BCUT2D eigenvalue weighted by Gasteiger charge is -2.35. The number of hydrogen-bond donors (Lipinski definition) is 0. The number of rotatable bonds is 5. The van der Waals surface area contributed by atoms with Gasteiger partial charge in [-0.3, -0.25) is 9.78 Å². The van der Waals surface area contributed by atoms with Crippen molar-refractivity contribution in [1.29, 1.82) is 0 Å². The summed E-state index contributed by atoms with van der Waals surface area (Å²) in [5.41, 5.74) is 1.07. The largest absolute Gasteiger partial charge is 0.352 e. The minimum atomic E-state index is 0.186. The summed E-state index contributed by atoms with van der Waals surface area (Å²) in [4.78, 5) is 24.8. The van der Waals surface area contributed by atoms with Crippen molar-refractivity contribution in [2.45, 2.75) is 5.75 Å².